The van der Waals surface area contributed by atoms with Gasteiger partial charge in [-0.1, -0.05) is 19.1 Å². The molecular weight excluding hydrogens is 374 g/mol. The van der Waals surface area contributed by atoms with Crippen molar-refractivity contribution >= 4 is 11.6 Å². The SMILES string of the molecule is CCNCc1cccc(NC(=O)c2nn(-c3ccc(F)c(F)c3)c3c2CCC3)c1. The van der Waals surface area contributed by atoms with Gasteiger partial charge in [0.1, 0.15) is 0 Å². The summed E-state index contributed by atoms with van der Waals surface area (Å²) in [6, 6.07) is 11.3. The Labute approximate surface area is 167 Å². The normalized spacial score (nSPS) is 12.8. The lowest BCUT2D eigenvalue weighted by atomic mass is 10.1. The van der Waals surface area contributed by atoms with E-state index in [-0.39, 0.29) is 5.91 Å². The quantitative estimate of drug-likeness (QED) is 0.662. The number of rotatable bonds is 6. The second-order valence-corrected chi connectivity index (χ2v) is 7.07. The number of carbonyl (C=O) groups is 1. The van der Waals surface area contributed by atoms with E-state index in [1.807, 2.05) is 31.2 Å². The summed E-state index contributed by atoms with van der Waals surface area (Å²) in [5.74, 6) is -2.15. The van der Waals surface area contributed by atoms with Crippen LogP contribution in [0.25, 0.3) is 5.69 Å². The van der Waals surface area contributed by atoms with Gasteiger partial charge in [-0.25, -0.2) is 13.5 Å². The van der Waals surface area contributed by atoms with Gasteiger partial charge >= 0.3 is 0 Å². The molecule has 1 aliphatic carbocycles. The molecule has 1 heterocycles. The van der Waals surface area contributed by atoms with Crippen molar-refractivity contribution in [3.05, 3.63) is 76.6 Å². The van der Waals surface area contributed by atoms with Crippen LogP contribution in [-0.4, -0.2) is 22.2 Å². The first-order valence-corrected chi connectivity index (χ1v) is 9.74. The van der Waals surface area contributed by atoms with Crippen LogP contribution in [0.4, 0.5) is 14.5 Å². The zero-order chi connectivity index (χ0) is 20.4. The Morgan fingerprint density at radius 3 is 2.79 bits per heavy atom. The summed E-state index contributed by atoms with van der Waals surface area (Å²) in [6.45, 7) is 3.63. The van der Waals surface area contributed by atoms with E-state index >= 15 is 0 Å². The van der Waals surface area contributed by atoms with Crippen LogP contribution in [0.1, 0.15) is 40.7 Å². The lowest BCUT2D eigenvalue weighted by molar-refractivity contribution is 0.102. The van der Waals surface area contributed by atoms with Crippen LogP contribution in [0.3, 0.4) is 0 Å². The fourth-order valence-corrected chi connectivity index (χ4v) is 3.67. The molecule has 2 N–H and O–H groups in total. The number of benzene rings is 2. The first-order valence-electron chi connectivity index (χ1n) is 9.74. The molecule has 0 saturated carbocycles. The third kappa shape index (κ3) is 3.91. The minimum atomic E-state index is -0.937. The molecule has 0 fully saturated rings. The van der Waals surface area contributed by atoms with E-state index in [4.69, 9.17) is 0 Å². The van der Waals surface area contributed by atoms with Crippen LogP contribution < -0.4 is 10.6 Å². The Balaban J connectivity index is 1.62. The summed E-state index contributed by atoms with van der Waals surface area (Å²) in [4.78, 5) is 12.9. The molecule has 0 unspecified atom stereocenters. The topological polar surface area (TPSA) is 58.9 Å². The van der Waals surface area contributed by atoms with E-state index in [1.54, 1.807) is 4.68 Å². The van der Waals surface area contributed by atoms with Gasteiger partial charge < -0.3 is 10.6 Å². The van der Waals surface area contributed by atoms with Crippen molar-refractivity contribution < 1.29 is 13.6 Å². The maximum absolute atomic E-state index is 13.7. The van der Waals surface area contributed by atoms with Crippen molar-refractivity contribution in [2.24, 2.45) is 0 Å². The van der Waals surface area contributed by atoms with E-state index in [0.29, 0.717) is 17.1 Å². The molecule has 3 aromatic rings. The predicted molar refractivity (Wildman–Crippen MR) is 107 cm³/mol. The second kappa shape index (κ2) is 8.13. The summed E-state index contributed by atoms with van der Waals surface area (Å²) >= 11 is 0. The number of fused-ring (bicyclic) bond motifs is 1. The molecular formula is C22H22F2N4O. The fourth-order valence-electron chi connectivity index (χ4n) is 3.67. The zero-order valence-electron chi connectivity index (χ0n) is 16.1. The highest BCUT2D eigenvalue weighted by molar-refractivity contribution is 6.04. The molecule has 150 valence electrons. The highest BCUT2D eigenvalue weighted by Crippen LogP contribution is 2.29. The van der Waals surface area contributed by atoms with Gasteiger partial charge in [0.25, 0.3) is 5.91 Å². The molecule has 0 atom stereocenters. The van der Waals surface area contributed by atoms with Crippen LogP contribution in [0.5, 0.6) is 0 Å². The van der Waals surface area contributed by atoms with Gasteiger partial charge in [-0.05, 0) is 55.6 Å². The van der Waals surface area contributed by atoms with Crippen LogP contribution in [0.2, 0.25) is 0 Å². The summed E-state index contributed by atoms with van der Waals surface area (Å²) in [5.41, 5.74) is 4.26. The van der Waals surface area contributed by atoms with Crippen molar-refractivity contribution in [1.82, 2.24) is 15.1 Å². The number of nitrogens with zero attached hydrogens (tertiary/aromatic N) is 2. The lowest BCUT2D eigenvalue weighted by Crippen LogP contribution is -2.16. The van der Waals surface area contributed by atoms with E-state index in [2.05, 4.69) is 15.7 Å². The number of anilines is 1. The van der Waals surface area contributed by atoms with Crippen molar-refractivity contribution in [1.29, 1.82) is 0 Å². The van der Waals surface area contributed by atoms with E-state index < -0.39 is 11.6 Å². The van der Waals surface area contributed by atoms with Gasteiger partial charge in [0.05, 0.1) is 5.69 Å². The number of amides is 1. The molecule has 29 heavy (non-hydrogen) atoms. The Bertz CT molecular complexity index is 1060. The second-order valence-electron chi connectivity index (χ2n) is 7.07. The van der Waals surface area contributed by atoms with Gasteiger partial charge in [0.15, 0.2) is 17.3 Å². The Kier molecular flexibility index (Phi) is 5.40. The number of hydrogen-bond acceptors (Lipinski definition) is 3. The van der Waals surface area contributed by atoms with Crippen molar-refractivity contribution in [3.8, 4) is 5.69 Å². The first kappa shape index (κ1) is 19.3. The lowest BCUT2D eigenvalue weighted by Gasteiger charge is -2.08. The minimum absolute atomic E-state index is 0.301. The van der Waals surface area contributed by atoms with Gasteiger partial charge in [0, 0.05) is 29.6 Å². The van der Waals surface area contributed by atoms with Crippen molar-refractivity contribution in [2.75, 3.05) is 11.9 Å². The molecule has 5 nitrogen and oxygen atoms in total. The number of aromatic nitrogens is 2. The van der Waals surface area contributed by atoms with Gasteiger partial charge in [-0.2, -0.15) is 5.10 Å². The number of halogens is 2. The third-order valence-electron chi connectivity index (χ3n) is 5.06. The van der Waals surface area contributed by atoms with Gasteiger partial charge in [-0.3, -0.25) is 4.79 Å². The number of nitrogens with one attached hydrogen (secondary N) is 2. The molecule has 2 aromatic carbocycles. The Morgan fingerprint density at radius 2 is 2.00 bits per heavy atom. The zero-order valence-corrected chi connectivity index (χ0v) is 16.1. The Hall–Kier alpha value is -3.06. The van der Waals surface area contributed by atoms with Crippen molar-refractivity contribution in [2.45, 2.75) is 32.7 Å². The largest absolute Gasteiger partial charge is 0.321 e. The molecule has 0 saturated heterocycles. The van der Waals surface area contributed by atoms with E-state index in [1.165, 1.54) is 6.07 Å². The van der Waals surface area contributed by atoms with Crippen LogP contribution in [0.15, 0.2) is 42.5 Å². The van der Waals surface area contributed by atoms with Crippen molar-refractivity contribution in [3.63, 3.8) is 0 Å². The highest BCUT2D eigenvalue weighted by Gasteiger charge is 2.27. The molecule has 0 radical (unpaired) electrons. The van der Waals surface area contributed by atoms with E-state index in [9.17, 15) is 13.6 Å². The fraction of sp³-hybridized carbons (Fsp3) is 0.273. The van der Waals surface area contributed by atoms with Gasteiger partial charge in [0.2, 0.25) is 0 Å². The number of carbonyl (C=O) groups excluding carboxylic acids is 1. The van der Waals surface area contributed by atoms with Crippen LogP contribution >= 0.6 is 0 Å². The Morgan fingerprint density at radius 1 is 1.14 bits per heavy atom. The van der Waals surface area contributed by atoms with Gasteiger partial charge in [-0.15, -0.1) is 0 Å². The average Bonchev–Trinajstić information content (AvgIpc) is 3.31. The molecule has 7 heteroatoms. The van der Waals surface area contributed by atoms with Crippen LogP contribution in [0, 0.1) is 11.6 Å². The molecule has 0 bridgehead atoms. The minimum Gasteiger partial charge on any atom is -0.321 e. The molecule has 1 aromatic heterocycles. The summed E-state index contributed by atoms with van der Waals surface area (Å²) in [5, 5.41) is 10.6. The maximum Gasteiger partial charge on any atom is 0.276 e. The smallest absolute Gasteiger partial charge is 0.276 e. The molecule has 1 amide bonds. The molecule has 1 aliphatic rings. The van der Waals surface area contributed by atoms with E-state index in [0.717, 1.165) is 61.3 Å². The molecule has 0 aliphatic heterocycles. The van der Waals surface area contributed by atoms with Crippen LogP contribution in [-0.2, 0) is 19.4 Å². The maximum atomic E-state index is 13.7. The molecule has 0 spiro atoms. The third-order valence-corrected chi connectivity index (χ3v) is 5.06. The number of hydrogen-bond donors (Lipinski definition) is 2. The monoisotopic (exact) mass is 396 g/mol. The average molecular weight is 396 g/mol. The molecule has 4 rings (SSSR count). The highest BCUT2D eigenvalue weighted by atomic mass is 19.2. The standard InChI is InChI=1S/C22H22F2N4O/c1-2-25-13-14-5-3-6-15(11-14)26-22(29)21-17-7-4-8-20(17)28(27-21)16-9-10-18(23)19(24)12-16/h3,5-6,9-12,25H,2,4,7-8,13H2,1H3,(H,26,29). The first-order chi connectivity index (χ1) is 14.1. The summed E-state index contributed by atoms with van der Waals surface area (Å²) < 4.78 is 28.6. The summed E-state index contributed by atoms with van der Waals surface area (Å²) in [6.07, 6.45) is 2.38. The summed E-state index contributed by atoms with van der Waals surface area (Å²) in [7, 11) is 0. The predicted octanol–water partition coefficient (Wildman–Crippen LogP) is 4.00.